The summed E-state index contributed by atoms with van der Waals surface area (Å²) in [5, 5.41) is 3.43. The lowest BCUT2D eigenvalue weighted by Gasteiger charge is -2.20. The van der Waals surface area contributed by atoms with E-state index < -0.39 is 0 Å². The average Bonchev–Trinajstić information content (AvgIpc) is 2.92. The van der Waals surface area contributed by atoms with Gasteiger partial charge in [-0.3, -0.25) is 4.79 Å². The molecule has 1 aliphatic heterocycles. The summed E-state index contributed by atoms with van der Waals surface area (Å²) in [5.41, 5.74) is 6.70. The maximum Gasteiger partial charge on any atom is 0.251 e. The lowest BCUT2D eigenvalue weighted by atomic mass is 10.1. The molecule has 20 heavy (non-hydrogen) atoms. The highest BCUT2D eigenvalue weighted by Crippen LogP contribution is 2.19. The fraction of sp³-hybridized carbons (Fsp3) is 0.533. The van der Waals surface area contributed by atoms with Gasteiger partial charge < -0.3 is 16.0 Å². The summed E-state index contributed by atoms with van der Waals surface area (Å²) >= 11 is 5.85. The minimum Gasteiger partial charge on any atom is -0.398 e. The average molecular weight is 296 g/mol. The van der Waals surface area contributed by atoms with E-state index in [-0.39, 0.29) is 5.91 Å². The molecule has 4 nitrogen and oxygen atoms in total. The quantitative estimate of drug-likeness (QED) is 0.820. The van der Waals surface area contributed by atoms with Gasteiger partial charge in [-0.2, -0.15) is 0 Å². The molecule has 1 fully saturated rings. The van der Waals surface area contributed by atoms with E-state index >= 15 is 0 Å². The topological polar surface area (TPSA) is 58.4 Å². The molecule has 0 radical (unpaired) electrons. The smallest absolute Gasteiger partial charge is 0.251 e. The zero-order valence-corrected chi connectivity index (χ0v) is 12.6. The van der Waals surface area contributed by atoms with Crippen molar-refractivity contribution < 1.29 is 4.79 Å². The second kappa shape index (κ2) is 6.95. The Bertz CT molecular complexity index is 472. The van der Waals surface area contributed by atoms with Gasteiger partial charge in [0.2, 0.25) is 0 Å². The summed E-state index contributed by atoms with van der Waals surface area (Å²) in [5.74, 6) is 0.350. The van der Waals surface area contributed by atoms with Crippen LogP contribution in [0.3, 0.4) is 0 Å². The molecule has 1 saturated heterocycles. The lowest BCUT2D eigenvalue weighted by molar-refractivity contribution is 0.0945. The number of nitrogens with two attached hydrogens (primary N) is 1. The van der Waals surface area contributed by atoms with Crippen molar-refractivity contribution in [2.45, 2.75) is 19.8 Å². The van der Waals surface area contributed by atoms with E-state index in [2.05, 4.69) is 17.1 Å². The summed E-state index contributed by atoms with van der Waals surface area (Å²) in [4.78, 5) is 14.5. The number of rotatable bonds is 5. The molecule has 1 aromatic rings. The van der Waals surface area contributed by atoms with Crippen molar-refractivity contribution in [3.8, 4) is 0 Å². The second-order valence-electron chi connectivity index (χ2n) is 5.56. The standard InChI is InChI=1S/C15H22ClN3O/c1-11(10-19-6-2-3-7-19)9-18-15(20)12-4-5-13(16)14(17)8-12/h4-5,8,11H,2-3,6-7,9-10,17H2,1H3,(H,18,20). The highest BCUT2D eigenvalue weighted by molar-refractivity contribution is 6.33. The van der Waals surface area contributed by atoms with Gasteiger partial charge in [-0.15, -0.1) is 0 Å². The van der Waals surface area contributed by atoms with Crippen LogP contribution in [0.5, 0.6) is 0 Å². The molecule has 3 N–H and O–H groups in total. The first kappa shape index (κ1) is 15.1. The van der Waals surface area contributed by atoms with Crippen LogP contribution in [0.15, 0.2) is 18.2 Å². The Morgan fingerprint density at radius 1 is 1.45 bits per heavy atom. The van der Waals surface area contributed by atoms with Crippen molar-refractivity contribution in [2.24, 2.45) is 5.92 Å². The molecule has 110 valence electrons. The van der Waals surface area contributed by atoms with Gasteiger partial charge in [0.1, 0.15) is 0 Å². The third-order valence-electron chi connectivity index (χ3n) is 3.64. The van der Waals surface area contributed by atoms with E-state index in [0.717, 1.165) is 6.54 Å². The van der Waals surface area contributed by atoms with Gasteiger partial charge in [0.05, 0.1) is 10.7 Å². The number of carbonyl (C=O) groups excluding carboxylic acids is 1. The number of halogens is 1. The number of nitrogens with one attached hydrogen (secondary N) is 1. The minimum absolute atomic E-state index is 0.0957. The zero-order chi connectivity index (χ0) is 14.5. The summed E-state index contributed by atoms with van der Waals surface area (Å²) < 4.78 is 0. The van der Waals surface area contributed by atoms with Crippen LogP contribution in [0.4, 0.5) is 5.69 Å². The SMILES string of the molecule is CC(CNC(=O)c1ccc(Cl)c(N)c1)CN1CCCC1. The molecule has 0 aromatic heterocycles. The largest absolute Gasteiger partial charge is 0.398 e. The Morgan fingerprint density at radius 3 is 2.80 bits per heavy atom. The number of hydrogen-bond acceptors (Lipinski definition) is 3. The van der Waals surface area contributed by atoms with E-state index in [1.807, 2.05) is 0 Å². The van der Waals surface area contributed by atoms with Crippen LogP contribution in [0.2, 0.25) is 5.02 Å². The predicted octanol–water partition coefficient (Wildman–Crippen LogP) is 2.38. The molecule has 1 heterocycles. The molecular weight excluding hydrogens is 274 g/mol. The van der Waals surface area contributed by atoms with Crippen molar-refractivity contribution in [3.63, 3.8) is 0 Å². The second-order valence-corrected chi connectivity index (χ2v) is 5.97. The molecule has 2 rings (SSSR count). The number of carbonyl (C=O) groups is 1. The van der Waals surface area contributed by atoms with E-state index in [0.29, 0.717) is 28.7 Å². The van der Waals surface area contributed by atoms with Gasteiger partial charge in [0.25, 0.3) is 5.91 Å². The Kier molecular flexibility index (Phi) is 5.26. The third-order valence-corrected chi connectivity index (χ3v) is 3.98. The molecule has 1 aliphatic rings. The number of amides is 1. The number of benzene rings is 1. The first-order valence-corrected chi connectivity index (χ1v) is 7.49. The Morgan fingerprint density at radius 2 is 2.15 bits per heavy atom. The zero-order valence-electron chi connectivity index (χ0n) is 11.9. The molecule has 1 unspecified atom stereocenters. The van der Waals surface area contributed by atoms with Crippen molar-refractivity contribution >= 4 is 23.2 Å². The van der Waals surface area contributed by atoms with E-state index in [1.165, 1.54) is 25.9 Å². The molecular formula is C15H22ClN3O. The minimum atomic E-state index is -0.0957. The molecule has 1 amide bonds. The predicted molar refractivity (Wildman–Crippen MR) is 83.0 cm³/mol. The first-order chi connectivity index (χ1) is 9.56. The third kappa shape index (κ3) is 4.12. The van der Waals surface area contributed by atoms with Crippen LogP contribution in [0.25, 0.3) is 0 Å². The first-order valence-electron chi connectivity index (χ1n) is 7.12. The van der Waals surface area contributed by atoms with Gasteiger partial charge >= 0.3 is 0 Å². The number of hydrogen-bond donors (Lipinski definition) is 2. The highest BCUT2D eigenvalue weighted by Gasteiger charge is 2.15. The van der Waals surface area contributed by atoms with Gasteiger partial charge in [-0.05, 0) is 50.0 Å². The van der Waals surface area contributed by atoms with Crippen LogP contribution in [-0.4, -0.2) is 37.0 Å². The summed E-state index contributed by atoms with van der Waals surface area (Å²) in [6, 6.07) is 4.96. The monoisotopic (exact) mass is 295 g/mol. The molecule has 0 spiro atoms. The molecule has 0 aliphatic carbocycles. The fourth-order valence-electron chi connectivity index (χ4n) is 2.52. The van der Waals surface area contributed by atoms with Crippen LogP contribution in [0, 0.1) is 5.92 Å². The molecule has 5 heteroatoms. The van der Waals surface area contributed by atoms with Crippen LogP contribution in [-0.2, 0) is 0 Å². The van der Waals surface area contributed by atoms with Gasteiger partial charge in [0.15, 0.2) is 0 Å². The summed E-state index contributed by atoms with van der Waals surface area (Å²) in [6.07, 6.45) is 2.59. The van der Waals surface area contributed by atoms with E-state index in [4.69, 9.17) is 17.3 Å². The highest BCUT2D eigenvalue weighted by atomic mass is 35.5. The van der Waals surface area contributed by atoms with Gasteiger partial charge in [-0.1, -0.05) is 18.5 Å². The van der Waals surface area contributed by atoms with Gasteiger partial charge in [-0.25, -0.2) is 0 Å². The Balaban J connectivity index is 1.80. The number of nitrogen functional groups attached to an aromatic ring is 1. The lowest BCUT2D eigenvalue weighted by Crippen LogP contribution is -2.34. The maximum absolute atomic E-state index is 12.0. The van der Waals surface area contributed by atoms with Crippen LogP contribution >= 0.6 is 11.6 Å². The summed E-state index contributed by atoms with van der Waals surface area (Å²) in [7, 11) is 0. The number of anilines is 1. The van der Waals surface area contributed by atoms with Crippen molar-refractivity contribution in [3.05, 3.63) is 28.8 Å². The normalized spacial score (nSPS) is 17.1. The van der Waals surface area contributed by atoms with Crippen LogP contribution in [0.1, 0.15) is 30.1 Å². The van der Waals surface area contributed by atoms with E-state index in [1.54, 1.807) is 18.2 Å². The molecule has 1 atom stereocenters. The Hall–Kier alpha value is -1.26. The van der Waals surface area contributed by atoms with Crippen molar-refractivity contribution in [2.75, 3.05) is 31.9 Å². The van der Waals surface area contributed by atoms with Gasteiger partial charge in [0, 0.05) is 18.7 Å². The Labute approximate surface area is 125 Å². The summed E-state index contributed by atoms with van der Waals surface area (Å²) in [6.45, 7) is 6.26. The number of nitrogens with zero attached hydrogens (tertiary/aromatic N) is 1. The van der Waals surface area contributed by atoms with E-state index in [9.17, 15) is 4.79 Å². The fourth-order valence-corrected chi connectivity index (χ4v) is 2.64. The molecule has 0 saturated carbocycles. The molecule has 1 aromatic carbocycles. The van der Waals surface area contributed by atoms with Crippen LogP contribution < -0.4 is 11.1 Å². The number of likely N-dealkylation sites (tertiary alicyclic amines) is 1. The molecule has 0 bridgehead atoms. The maximum atomic E-state index is 12.0. The van der Waals surface area contributed by atoms with Crippen molar-refractivity contribution in [1.29, 1.82) is 0 Å². The van der Waals surface area contributed by atoms with Crippen molar-refractivity contribution in [1.82, 2.24) is 10.2 Å².